The molecule has 0 fully saturated rings. The molecule has 0 atom stereocenters. The van der Waals surface area contributed by atoms with Gasteiger partial charge in [-0.2, -0.15) is 0 Å². The SMILES string of the molecule is CCNC(=NCc1ccc(S(C)(=O)=O)cc1)NCCCOC. The Kier molecular flexibility index (Phi) is 7.90. The maximum absolute atomic E-state index is 11.4. The number of nitrogens with zero attached hydrogens (tertiary/aromatic N) is 1. The number of aliphatic imine (C=N–C) groups is 1. The van der Waals surface area contributed by atoms with Crippen LogP contribution in [0.5, 0.6) is 0 Å². The standard InChI is InChI=1S/C15H25N3O3S/c1-4-16-15(17-10-5-11-21-2)18-12-13-6-8-14(9-7-13)22(3,19)20/h6-9H,4-5,10-12H2,1-3H3,(H2,16,17,18). The second kappa shape index (κ2) is 9.42. The van der Waals surface area contributed by atoms with Crippen LogP contribution in [-0.4, -0.2) is 47.4 Å². The summed E-state index contributed by atoms with van der Waals surface area (Å²) >= 11 is 0. The van der Waals surface area contributed by atoms with Crippen LogP contribution >= 0.6 is 0 Å². The number of methoxy groups -OCH3 is 1. The van der Waals surface area contributed by atoms with Crippen molar-refractivity contribution >= 4 is 15.8 Å². The molecule has 0 radical (unpaired) electrons. The lowest BCUT2D eigenvalue weighted by atomic mass is 10.2. The number of benzene rings is 1. The summed E-state index contributed by atoms with van der Waals surface area (Å²) in [7, 11) is -1.47. The Labute approximate surface area is 132 Å². The molecular weight excluding hydrogens is 302 g/mol. The van der Waals surface area contributed by atoms with Crippen molar-refractivity contribution in [3.05, 3.63) is 29.8 Å². The summed E-state index contributed by atoms with van der Waals surface area (Å²) in [5.41, 5.74) is 0.960. The number of rotatable bonds is 8. The van der Waals surface area contributed by atoms with Crippen molar-refractivity contribution in [1.29, 1.82) is 0 Å². The molecule has 7 heteroatoms. The van der Waals surface area contributed by atoms with Gasteiger partial charge in [-0.1, -0.05) is 12.1 Å². The van der Waals surface area contributed by atoms with Gasteiger partial charge in [0.25, 0.3) is 0 Å². The Balaban J connectivity index is 2.61. The fourth-order valence-corrected chi connectivity index (χ4v) is 2.41. The zero-order valence-corrected chi connectivity index (χ0v) is 14.2. The van der Waals surface area contributed by atoms with Gasteiger partial charge < -0.3 is 15.4 Å². The molecule has 1 rings (SSSR count). The first kappa shape index (κ1) is 18.4. The lowest BCUT2D eigenvalue weighted by Gasteiger charge is -2.11. The summed E-state index contributed by atoms with van der Waals surface area (Å²) in [5, 5.41) is 6.39. The third kappa shape index (κ3) is 6.91. The molecule has 0 heterocycles. The maximum atomic E-state index is 11.4. The molecule has 1 aromatic rings. The smallest absolute Gasteiger partial charge is 0.191 e. The summed E-state index contributed by atoms with van der Waals surface area (Å²) in [6.45, 7) is 4.77. The van der Waals surface area contributed by atoms with Crippen molar-refractivity contribution in [2.75, 3.05) is 33.1 Å². The maximum Gasteiger partial charge on any atom is 0.191 e. The molecule has 0 unspecified atom stereocenters. The van der Waals surface area contributed by atoms with Gasteiger partial charge in [-0.05, 0) is 31.0 Å². The van der Waals surface area contributed by atoms with Crippen LogP contribution in [0.1, 0.15) is 18.9 Å². The van der Waals surface area contributed by atoms with Crippen LogP contribution < -0.4 is 10.6 Å². The van der Waals surface area contributed by atoms with Gasteiger partial charge in [0.15, 0.2) is 15.8 Å². The molecule has 0 spiro atoms. The Hall–Kier alpha value is -1.60. The van der Waals surface area contributed by atoms with Crippen molar-refractivity contribution in [2.45, 2.75) is 24.8 Å². The molecule has 0 saturated carbocycles. The molecule has 6 nitrogen and oxygen atoms in total. The van der Waals surface area contributed by atoms with Crippen LogP contribution in [-0.2, 0) is 21.1 Å². The minimum Gasteiger partial charge on any atom is -0.385 e. The zero-order chi connectivity index (χ0) is 16.4. The van der Waals surface area contributed by atoms with Crippen LogP contribution in [0, 0.1) is 0 Å². The van der Waals surface area contributed by atoms with Crippen LogP contribution in [0.2, 0.25) is 0 Å². The first-order valence-electron chi connectivity index (χ1n) is 7.27. The summed E-state index contributed by atoms with van der Waals surface area (Å²) < 4.78 is 27.8. The number of hydrogen-bond donors (Lipinski definition) is 2. The van der Waals surface area contributed by atoms with E-state index in [1.807, 2.05) is 6.92 Å². The summed E-state index contributed by atoms with van der Waals surface area (Å²) in [5.74, 6) is 0.741. The predicted molar refractivity (Wildman–Crippen MR) is 88.9 cm³/mol. The molecule has 0 aliphatic carbocycles. The molecule has 0 aromatic heterocycles. The minimum absolute atomic E-state index is 0.324. The third-order valence-electron chi connectivity index (χ3n) is 2.93. The van der Waals surface area contributed by atoms with Gasteiger partial charge in [-0.25, -0.2) is 13.4 Å². The van der Waals surface area contributed by atoms with Crippen molar-refractivity contribution < 1.29 is 13.2 Å². The average molecular weight is 327 g/mol. The highest BCUT2D eigenvalue weighted by Crippen LogP contribution is 2.10. The first-order valence-corrected chi connectivity index (χ1v) is 9.16. The van der Waals surface area contributed by atoms with Gasteiger partial charge in [-0.3, -0.25) is 0 Å². The quantitative estimate of drug-likeness (QED) is 0.426. The summed E-state index contributed by atoms with van der Waals surface area (Å²) in [6.07, 6.45) is 2.11. The van der Waals surface area contributed by atoms with E-state index in [0.29, 0.717) is 18.0 Å². The van der Waals surface area contributed by atoms with Crippen molar-refractivity contribution in [3.8, 4) is 0 Å². The molecular formula is C15H25N3O3S. The Morgan fingerprint density at radius 3 is 2.45 bits per heavy atom. The predicted octanol–water partition coefficient (Wildman–Crippen LogP) is 1.18. The van der Waals surface area contributed by atoms with Crippen molar-refractivity contribution in [1.82, 2.24) is 10.6 Å². The van der Waals surface area contributed by atoms with Crippen LogP contribution in [0.4, 0.5) is 0 Å². The second-order valence-corrected chi connectivity index (χ2v) is 6.90. The molecule has 0 saturated heterocycles. The number of hydrogen-bond acceptors (Lipinski definition) is 4. The topological polar surface area (TPSA) is 79.8 Å². The van der Waals surface area contributed by atoms with E-state index in [4.69, 9.17) is 4.74 Å². The molecule has 0 amide bonds. The number of nitrogens with one attached hydrogen (secondary N) is 2. The number of sulfone groups is 1. The van der Waals surface area contributed by atoms with Crippen molar-refractivity contribution in [3.63, 3.8) is 0 Å². The van der Waals surface area contributed by atoms with E-state index in [0.717, 1.165) is 31.0 Å². The average Bonchev–Trinajstić information content (AvgIpc) is 2.48. The van der Waals surface area contributed by atoms with Gasteiger partial charge in [0.1, 0.15) is 0 Å². The first-order chi connectivity index (χ1) is 10.5. The molecule has 2 N–H and O–H groups in total. The van der Waals surface area contributed by atoms with Gasteiger partial charge in [0.2, 0.25) is 0 Å². The largest absolute Gasteiger partial charge is 0.385 e. The van der Waals surface area contributed by atoms with E-state index >= 15 is 0 Å². The fraction of sp³-hybridized carbons (Fsp3) is 0.533. The van der Waals surface area contributed by atoms with Gasteiger partial charge in [-0.15, -0.1) is 0 Å². The van der Waals surface area contributed by atoms with Gasteiger partial charge in [0, 0.05) is 33.1 Å². The number of guanidine groups is 1. The second-order valence-electron chi connectivity index (χ2n) is 4.88. The Bertz CT molecular complexity index is 568. The lowest BCUT2D eigenvalue weighted by Crippen LogP contribution is -2.38. The molecule has 124 valence electrons. The van der Waals surface area contributed by atoms with E-state index in [1.165, 1.54) is 6.26 Å². The van der Waals surface area contributed by atoms with E-state index in [9.17, 15) is 8.42 Å². The van der Waals surface area contributed by atoms with Crippen LogP contribution in [0.3, 0.4) is 0 Å². The van der Waals surface area contributed by atoms with Crippen LogP contribution in [0.25, 0.3) is 0 Å². The molecule has 0 bridgehead atoms. The van der Waals surface area contributed by atoms with Gasteiger partial charge in [0.05, 0.1) is 11.4 Å². The highest BCUT2D eigenvalue weighted by atomic mass is 32.2. The summed E-state index contributed by atoms with van der Waals surface area (Å²) in [4.78, 5) is 4.80. The molecule has 0 aliphatic rings. The van der Waals surface area contributed by atoms with E-state index in [2.05, 4.69) is 15.6 Å². The van der Waals surface area contributed by atoms with Gasteiger partial charge >= 0.3 is 0 Å². The highest BCUT2D eigenvalue weighted by Gasteiger charge is 2.06. The molecule has 22 heavy (non-hydrogen) atoms. The highest BCUT2D eigenvalue weighted by molar-refractivity contribution is 7.90. The number of ether oxygens (including phenoxy) is 1. The monoisotopic (exact) mass is 327 g/mol. The molecule has 0 aliphatic heterocycles. The third-order valence-corrected chi connectivity index (χ3v) is 4.06. The Morgan fingerprint density at radius 2 is 1.91 bits per heavy atom. The van der Waals surface area contributed by atoms with Crippen molar-refractivity contribution in [2.24, 2.45) is 4.99 Å². The van der Waals surface area contributed by atoms with E-state index in [-0.39, 0.29) is 0 Å². The lowest BCUT2D eigenvalue weighted by molar-refractivity contribution is 0.195. The van der Waals surface area contributed by atoms with Crippen LogP contribution in [0.15, 0.2) is 34.2 Å². The fourth-order valence-electron chi connectivity index (χ4n) is 1.78. The molecule has 1 aromatic carbocycles. The zero-order valence-electron chi connectivity index (χ0n) is 13.4. The van der Waals surface area contributed by atoms with E-state index in [1.54, 1.807) is 31.4 Å². The minimum atomic E-state index is -3.15. The van der Waals surface area contributed by atoms with E-state index < -0.39 is 9.84 Å². The Morgan fingerprint density at radius 1 is 1.23 bits per heavy atom. The normalized spacial score (nSPS) is 12.2. The summed E-state index contributed by atoms with van der Waals surface area (Å²) in [6, 6.07) is 6.79.